The van der Waals surface area contributed by atoms with Crippen molar-refractivity contribution < 1.29 is 19.1 Å². The molecular weight excluding hydrogens is 414 g/mol. The molecule has 10 heteroatoms. The van der Waals surface area contributed by atoms with Crippen LogP contribution in [0.5, 0.6) is 11.5 Å². The monoisotopic (exact) mass is 425 g/mol. The lowest BCUT2D eigenvalue weighted by Crippen LogP contribution is -2.19. The van der Waals surface area contributed by atoms with Crippen molar-refractivity contribution in [3.8, 4) is 11.5 Å². The quantitative estimate of drug-likeness (QED) is 0.574. The number of aryl methyl sites for hydroxylation is 1. The van der Waals surface area contributed by atoms with Crippen LogP contribution in [-0.4, -0.2) is 35.3 Å². The van der Waals surface area contributed by atoms with E-state index in [-0.39, 0.29) is 49.6 Å². The van der Waals surface area contributed by atoms with Gasteiger partial charge < -0.3 is 19.6 Å². The molecule has 1 amide bonds. The van der Waals surface area contributed by atoms with Crippen molar-refractivity contribution >= 4 is 56.0 Å². The third-order valence-electron chi connectivity index (χ3n) is 3.33. The number of ether oxygens (including phenoxy) is 1. The number of hydrogen-bond donors (Lipinski definition) is 2. The molecule has 2 heterocycles. The molecule has 3 rings (SSSR count). The summed E-state index contributed by atoms with van der Waals surface area (Å²) in [6, 6.07) is 1.33. The highest BCUT2D eigenvalue weighted by Crippen LogP contribution is 2.41. The third kappa shape index (κ3) is 3.27. The summed E-state index contributed by atoms with van der Waals surface area (Å²) in [6.45, 7) is 1.63. The van der Waals surface area contributed by atoms with E-state index in [1.165, 1.54) is 31.2 Å². The minimum atomic E-state index is -0.309. The number of amides is 1. The van der Waals surface area contributed by atoms with Crippen LogP contribution in [0.15, 0.2) is 30.0 Å². The maximum atomic E-state index is 12.3. The lowest BCUT2D eigenvalue weighted by Gasteiger charge is -2.12. The number of rotatable bonds is 3. The van der Waals surface area contributed by atoms with Gasteiger partial charge in [-0.15, -0.1) is 5.10 Å². The molecule has 1 fully saturated rings. The minimum Gasteiger partial charge on any atom is -0.506 e. The highest BCUT2D eigenvalue weighted by molar-refractivity contribution is 9.10. The van der Waals surface area contributed by atoms with E-state index in [9.17, 15) is 14.7 Å². The Morgan fingerprint density at radius 3 is 2.88 bits per heavy atom. The summed E-state index contributed by atoms with van der Waals surface area (Å²) in [5, 5.41) is 21.2. The van der Waals surface area contributed by atoms with Gasteiger partial charge in [-0.25, -0.2) is 0 Å². The fourth-order valence-electron chi connectivity index (χ4n) is 2.30. The van der Waals surface area contributed by atoms with Gasteiger partial charge in [0.2, 0.25) is 5.91 Å². The van der Waals surface area contributed by atoms with E-state index >= 15 is 0 Å². The Morgan fingerprint density at radius 1 is 1.48 bits per heavy atom. The number of benzene rings is 1. The number of halogens is 1. The van der Waals surface area contributed by atoms with E-state index in [0.29, 0.717) is 10.9 Å². The number of carbonyl (C=O) groups is 1. The Hall–Kier alpha value is -2.33. The molecule has 8 nitrogen and oxygen atoms in total. The van der Waals surface area contributed by atoms with Crippen LogP contribution >= 0.6 is 27.7 Å². The first kappa shape index (κ1) is 17.5. The van der Waals surface area contributed by atoms with Crippen molar-refractivity contribution in [1.29, 1.82) is 0 Å². The molecule has 1 aromatic carbocycles. The Bertz CT molecular complexity index is 999. The molecule has 1 aliphatic heterocycles. The van der Waals surface area contributed by atoms with E-state index in [4.69, 9.17) is 9.15 Å². The highest BCUT2D eigenvalue weighted by atomic mass is 79.9. The number of methoxy groups -OCH3 is 1. The van der Waals surface area contributed by atoms with Crippen LogP contribution in [0.2, 0.25) is 0 Å². The van der Waals surface area contributed by atoms with Gasteiger partial charge in [-0.3, -0.25) is 9.59 Å². The van der Waals surface area contributed by atoms with Gasteiger partial charge in [-0.2, -0.15) is 5.10 Å². The molecule has 1 aliphatic rings. The second-order valence-corrected chi connectivity index (χ2v) is 6.78. The molecule has 2 N–H and O–H groups in total. The molecule has 1 aromatic heterocycles. The predicted octanol–water partition coefficient (Wildman–Crippen LogP) is 2.13. The normalized spacial score (nSPS) is 16.1. The van der Waals surface area contributed by atoms with Crippen molar-refractivity contribution in [2.24, 2.45) is 10.2 Å². The smallest absolute Gasteiger partial charge is 0.236 e. The summed E-state index contributed by atoms with van der Waals surface area (Å²) in [5.41, 5.74) is 0.0361. The van der Waals surface area contributed by atoms with Gasteiger partial charge in [0, 0.05) is 6.07 Å². The van der Waals surface area contributed by atoms with Gasteiger partial charge >= 0.3 is 0 Å². The number of amidine groups is 1. The van der Waals surface area contributed by atoms with E-state index in [1.54, 1.807) is 6.92 Å². The van der Waals surface area contributed by atoms with Gasteiger partial charge in [0.25, 0.3) is 0 Å². The number of nitrogens with one attached hydrogen (secondary N) is 1. The Labute approximate surface area is 154 Å². The first-order valence-corrected chi connectivity index (χ1v) is 8.76. The van der Waals surface area contributed by atoms with Gasteiger partial charge in [0.15, 0.2) is 16.2 Å². The molecule has 0 spiro atoms. The topological polar surface area (TPSA) is 113 Å². The van der Waals surface area contributed by atoms with Gasteiger partial charge in [0.05, 0.1) is 24.6 Å². The van der Waals surface area contributed by atoms with Crippen molar-refractivity contribution in [2.45, 2.75) is 6.92 Å². The number of aromatic hydroxyl groups is 1. The first-order valence-electron chi connectivity index (χ1n) is 6.99. The van der Waals surface area contributed by atoms with Crippen LogP contribution in [0, 0.1) is 6.92 Å². The Kier molecular flexibility index (Phi) is 4.82. The molecule has 0 atom stereocenters. The maximum absolute atomic E-state index is 12.3. The number of thioether (sulfide) groups is 1. The van der Waals surface area contributed by atoms with Crippen molar-refractivity contribution in [1.82, 2.24) is 5.32 Å². The second-order valence-electron chi connectivity index (χ2n) is 5.02. The van der Waals surface area contributed by atoms with Crippen LogP contribution < -0.4 is 15.5 Å². The SMILES string of the molecule is COc1c(/C=N/N=C2/NC(=O)CS2)c(O)c(Br)c2oc(C)cc(=O)c12. The zero-order valence-corrected chi connectivity index (χ0v) is 15.5. The maximum Gasteiger partial charge on any atom is 0.236 e. The van der Waals surface area contributed by atoms with Gasteiger partial charge in [-0.1, -0.05) is 11.8 Å². The molecule has 0 aliphatic carbocycles. The molecule has 0 bridgehead atoms. The number of hydrogen-bond acceptors (Lipinski definition) is 8. The number of nitrogens with zero attached hydrogens (tertiary/aromatic N) is 2. The predicted molar refractivity (Wildman–Crippen MR) is 98.8 cm³/mol. The van der Waals surface area contributed by atoms with Crippen LogP contribution in [0.3, 0.4) is 0 Å². The number of fused-ring (bicyclic) bond motifs is 1. The molecule has 1 saturated heterocycles. The molecule has 130 valence electrons. The van der Waals surface area contributed by atoms with Gasteiger partial charge in [0.1, 0.15) is 27.1 Å². The van der Waals surface area contributed by atoms with E-state index in [0.717, 1.165) is 0 Å². The average Bonchev–Trinajstić information content (AvgIpc) is 2.98. The standard InChI is InChI=1S/C15H12BrN3O5S/c1-6-3-8(20)10-13(23-2)7(12(22)11(16)14(10)24-6)4-17-19-15-18-9(21)5-25-15/h3-4,22H,5H2,1-2H3,(H,18,19,21)/b17-4+. The summed E-state index contributed by atoms with van der Waals surface area (Å²) >= 11 is 4.45. The van der Waals surface area contributed by atoms with Crippen LogP contribution in [-0.2, 0) is 4.79 Å². The van der Waals surface area contributed by atoms with Crippen LogP contribution in [0.4, 0.5) is 0 Å². The van der Waals surface area contributed by atoms with Crippen molar-refractivity contribution in [2.75, 3.05) is 12.9 Å². The zero-order valence-electron chi connectivity index (χ0n) is 13.1. The van der Waals surface area contributed by atoms with Gasteiger partial charge in [-0.05, 0) is 22.9 Å². The lowest BCUT2D eigenvalue weighted by molar-refractivity contribution is -0.116. The number of carbonyl (C=O) groups excluding carboxylic acids is 1. The average molecular weight is 426 g/mol. The fraction of sp³-hybridized carbons (Fsp3) is 0.200. The molecule has 0 saturated carbocycles. The van der Waals surface area contributed by atoms with Crippen molar-refractivity contribution in [3.05, 3.63) is 32.1 Å². The Balaban J connectivity index is 2.16. The third-order valence-corrected chi connectivity index (χ3v) is 4.93. The lowest BCUT2D eigenvalue weighted by atomic mass is 10.1. The number of phenols is 1. The highest BCUT2D eigenvalue weighted by Gasteiger charge is 2.22. The van der Waals surface area contributed by atoms with Crippen molar-refractivity contribution in [3.63, 3.8) is 0 Å². The zero-order chi connectivity index (χ0) is 18.1. The molecular formula is C15H12BrN3O5S. The first-order chi connectivity index (χ1) is 11.9. The summed E-state index contributed by atoms with van der Waals surface area (Å²) in [6.07, 6.45) is 1.25. The Morgan fingerprint density at radius 2 is 2.24 bits per heavy atom. The summed E-state index contributed by atoms with van der Waals surface area (Å²) in [5.74, 6) is 0.453. The van der Waals surface area contributed by atoms with Crippen LogP contribution in [0.1, 0.15) is 11.3 Å². The summed E-state index contributed by atoms with van der Waals surface area (Å²) in [7, 11) is 1.37. The second kappa shape index (κ2) is 6.89. The van der Waals surface area contributed by atoms with Crippen LogP contribution in [0.25, 0.3) is 11.0 Å². The minimum absolute atomic E-state index is 0.122. The van der Waals surface area contributed by atoms with E-state index in [1.807, 2.05) is 0 Å². The number of phenolic OH excluding ortho intramolecular Hbond substituents is 1. The summed E-state index contributed by atoms with van der Waals surface area (Å²) < 4.78 is 11.0. The van der Waals surface area contributed by atoms with E-state index < -0.39 is 0 Å². The molecule has 0 unspecified atom stereocenters. The fourth-order valence-corrected chi connectivity index (χ4v) is 3.42. The largest absolute Gasteiger partial charge is 0.506 e. The van der Waals surface area contributed by atoms with E-state index in [2.05, 4.69) is 31.4 Å². The molecule has 0 radical (unpaired) electrons. The molecule has 25 heavy (non-hydrogen) atoms. The summed E-state index contributed by atoms with van der Waals surface area (Å²) in [4.78, 5) is 23.5. The molecule has 2 aromatic rings.